The van der Waals surface area contributed by atoms with Gasteiger partial charge < -0.3 is 4.98 Å². The average molecular weight is 194 g/mol. The van der Waals surface area contributed by atoms with Crippen molar-refractivity contribution in [3.05, 3.63) is 50.9 Å². The maximum Gasteiger partial charge on any atom is 0.285 e. The third-order valence-electron chi connectivity index (χ3n) is 1.97. The number of hydrogen-bond donors (Lipinski definition) is 1. The van der Waals surface area contributed by atoms with E-state index in [-0.39, 0.29) is 17.2 Å². The van der Waals surface area contributed by atoms with Gasteiger partial charge in [-0.3, -0.25) is 14.9 Å². The highest BCUT2D eigenvalue weighted by Gasteiger charge is 2.12. The number of allylic oxidation sites excluding steroid dienone is 1. The van der Waals surface area contributed by atoms with Gasteiger partial charge in [-0.2, -0.15) is 0 Å². The van der Waals surface area contributed by atoms with Gasteiger partial charge in [0.05, 0.1) is 11.1 Å². The minimum atomic E-state index is -0.546. The quantitative estimate of drug-likeness (QED) is 0.450. The van der Waals surface area contributed by atoms with Crippen LogP contribution in [0.3, 0.4) is 0 Å². The third kappa shape index (κ3) is 1.87. The Morgan fingerprint density at radius 2 is 2.36 bits per heavy atom. The molecule has 14 heavy (non-hydrogen) atoms. The Bertz CT molecular complexity index is 422. The Labute approximate surface area is 80.2 Å². The van der Waals surface area contributed by atoms with Crippen molar-refractivity contribution >= 4 is 5.69 Å². The molecule has 0 aliphatic rings. The molecule has 0 saturated carbocycles. The Balaban J connectivity index is 3.28. The number of nitro groups is 1. The van der Waals surface area contributed by atoms with Crippen molar-refractivity contribution in [3.8, 4) is 0 Å². The topological polar surface area (TPSA) is 76.0 Å². The lowest BCUT2D eigenvalue weighted by atomic mass is 10.0. The summed E-state index contributed by atoms with van der Waals surface area (Å²) in [5, 5.41) is 10.4. The van der Waals surface area contributed by atoms with E-state index in [1.165, 1.54) is 6.07 Å². The third-order valence-corrected chi connectivity index (χ3v) is 1.97. The number of aromatic nitrogens is 1. The summed E-state index contributed by atoms with van der Waals surface area (Å²) >= 11 is 0. The highest BCUT2D eigenvalue weighted by atomic mass is 16.6. The van der Waals surface area contributed by atoms with Crippen LogP contribution in [0, 0.1) is 10.1 Å². The van der Waals surface area contributed by atoms with Gasteiger partial charge in [0.15, 0.2) is 0 Å². The van der Waals surface area contributed by atoms with Gasteiger partial charge in [0, 0.05) is 17.5 Å². The number of pyridine rings is 1. The minimum Gasteiger partial charge on any atom is -0.323 e. The number of hydrogen-bond acceptors (Lipinski definition) is 3. The van der Waals surface area contributed by atoms with Crippen LogP contribution < -0.4 is 5.56 Å². The maximum absolute atomic E-state index is 11.3. The molecule has 0 radical (unpaired) electrons. The van der Waals surface area contributed by atoms with E-state index in [1.807, 2.05) is 0 Å². The fraction of sp³-hybridized carbons (Fsp3) is 0.222. The Kier molecular flexibility index (Phi) is 2.81. The van der Waals surface area contributed by atoms with Crippen LogP contribution in [0.2, 0.25) is 0 Å². The molecule has 0 bridgehead atoms. The van der Waals surface area contributed by atoms with E-state index in [0.717, 1.165) is 6.20 Å². The first-order chi connectivity index (χ1) is 6.56. The summed E-state index contributed by atoms with van der Waals surface area (Å²) in [6, 6.07) is 1.27. The molecule has 0 saturated heterocycles. The van der Waals surface area contributed by atoms with Gasteiger partial charge in [-0.05, 0) is 0 Å². The van der Waals surface area contributed by atoms with Gasteiger partial charge in [-0.25, -0.2) is 0 Å². The van der Waals surface area contributed by atoms with Crippen molar-refractivity contribution in [1.82, 2.24) is 4.98 Å². The Morgan fingerprint density at radius 1 is 1.71 bits per heavy atom. The standard InChI is InChI=1S/C9H10N2O3/c1-3-6(2)8-4-7(11(13)14)5-10-9(8)12/h3-6H,1H2,2H3,(H,10,12). The molecule has 0 amide bonds. The molecular formula is C9H10N2O3. The number of nitrogens with one attached hydrogen (secondary N) is 1. The molecule has 1 aromatic heterocycles. The van der Waals surface area contributed by atoms with Gasteiger partial charge in [0.25, 0.3) is 11.2 Å². The van der Waals surface area contributed by atoms with Crippen LogP contribution in [-0.2, 0) is 0 Å². The van der Waals surface area contributed by atoms with Gasteiger partial charge in [0.1, 0.15) is 0 Å². The molecule has 74 valence electrons. The van der Waals surface area contributed by atoms with E-state index in [1.54, 1.807) is 13.0 Å². The molecule has 0 aliphatic heterocycles. The van der Waals surface area contributed by atoms with E-state index in [9.17, 15) is 14.9 Å². The van der Waals surface area contributed by atoms with Crippen LogP contribution in [0.15, 0.2) is 29.7 Å². The first-order valence-corrected chi connectivity index (χ1v) is 4.06. The number of nitrogens with zero attached hydrogens (tertiary/aromatic N) is 1. The second kappa shape index (κ2) is 3.87. The molecule has 1 aromatic rings. The highest BCUT2D eigenvalue weighted by Crippen LogP contribution is 2.16. The summed E-state index contributed by atoms with van der Waals surface area (Å²) in [6.45, 7) is 5.28. The molecule has 0 aliphatic carbocycles. The average Bonchev–Trinajstić information content (AvgIpc) is 2.17. The molecule has 1 heterocycles. The Hall–Kier alpha value is -1.91. The van der Waals surface area contributed by atoms with Crippen LogP contribution in [0.1, 0.15) is 18.4 Å². The zero-order chi connectivity index (χ0) is 10.7. The largest absolute Gasteiger partial charge is 0.323 e. The predicted octanol–water partition coefficient (Wildman–Crippen LogP) is 1.57. The second-order valence-electron chi connectivity index (χ2n) is 2.92. The summed E-state index contributed by atoms with van der Waals surface area (Å²) in [7, 11) is 0. The fourth-order valence-corrected chi connectivity index (χ4v) is 1.06. The lowest BCUT2D eigenvalue weighted by Crippen LogP contribution is -2.14. The van der Waals surface area contributed by atoms with Crippen LogP contribution in [0.5, 0.6) is 0 Å². The summed E-state index contributed by atoms with van der Waals surface area (Å²) in [5.74, 6) is -0.196. The van der Waals surface area contributed by atoms with Crippen molar-refractivity contribution in [2.75, 3.05) is 0 Å². The van der Waals surface area contributed by atoms with Gasteiger partial charge in [0.2, 0.25) is 0 Å². The fourth-order valence-electron chi connectivity index (χ4n) is 1.06. The summed E-state index contributed by atoms with van der Waals surface area (Å²) in [6.07, 6.45) is 2.65. The zero-order valence-electron chi connectivity index (χ0n) is 7.69. The Morgan fingerprint density at radius 3 is 2.86 bits per heavy atom. The molecule has 1 atom stereocenters. The highest BCUT2D eigenvalue weighted by molar-refractivity contribution is 5.33. The lowest BCUT2D eigenvalue weighted by Gasteiger charge is -2.03. The smallest absolute Gasteiger partial charge is 0.285 e. The first kappa shape index (κ1) is 10.2. The number of aromatic amines is 1. The lowest BCUT2D eigenvalue weighted by molar-refractivity contribution is -0.385. The molecule has 1 N–H and O–H groups in total. The monoisotopic (exact) mass is 194 g/mol. The molecule has 1 unspecified atom stereocenters. The van der Waals surface area contributed by atoms with Gasteiger partial charge in [-0.1, -0.05) is 13.0 Å². The molecule has 5 heteroatoms. The van der Waals surface area contributed by atoms with Crippen LogP contribution in [-0.4, -0.2) is 9.91 Å². The molecule has 0 spiro atoms. The van der Waals surface area contributed by atoms with E-state index in [4.69, 9.17) is 0 Å². The van der Waals surface area contributed by atoms with Crippen LogP contribution in [0.25, 0.3) is 0 Å². The van der Waals surface area contributed by atoms with Crippen molar-refractivity contribution < 1.29 is 4.92 Å². The molecular weight excluding hydrogens is 184 g/mol. The molecule has 5 nitrogen and oxygen atoms in total. The van der Waals surface area contributed by atoms with Gasteiger partial charge >= 0.3 is 0 Å². The zero-order valence-corrected chi connectivity index (χ0v) is 7.69. The van der Waals surface area contributed by atoms with E-state index in [0.29, 0.717) is 5.56 Å². The number of rotatable bonds is 3. The van der Waals surface area contributed by atoms with Gasteiger partial charge in [-0.15, -0.1) is 6.58 Å². The van der Waals surface area contributed by atoms with Crippen LogP contribution in [0.4, 0.5) is 5.69 Å². The van der Waals surface area contributed by atoms with E-state index in [2.05, 4.69) is 11.6 Å². The van der Waals surface area contributed by atoms with Crippen LogP contribution >= 0.6 is 0 Å². The normalized spacial score (nSPS) is 12.1. The maximum atomic E-state index is 11.3. The van der Waals surface area contributed by atoms with E-state index < -0.39 is 4.92 Å². The number of H-pyrrole nitrogens is 1. The molecule has 0 fully saturated rings. The van der Waals surface area contributed by atoms with Crippen molar-refractivity contribution in [2.24, 2.45) is 0 Å². The predicted molar refractivity (Wildman–Crippen MR) is 52.3 cm³/mol. The SMILES string of the molecule is C=CC(C)c1cc([N+](=O)[O-])c[nH]c1=O. The van der Waals surface area contributed by atoms with E-state index >= 15 is 0 Å². The molecule has 1 rings (SSSR count). The summed E-state index contributed by atoms with van der Waals surface area (Å²) < 4.78 is 0. The van der Waals surface area contributed by atoms with Crippen molar-refractivity contribution in [2.45, 2.75) is 12.8 Å². The molecule has 0 aromatic carbocycles. The second-order valence-corrected chi connectivity index (χ2v) is 2.92. The van der Waals surface area contributed by atoms with Crippen molar-refractivity contribution in [3.63, 3.8) is 0 Å². The van der Waals surface area contributed by atoms with Crippen molar-refractivity contribution in [1.29, 1.82) is 0 Å². The first-order valence-electron chi connectivity index (χ1n) is 4.06. The minimum absolute atomic E-state index is 0.117. The summed E-state index contributed by atoms with van der Waals surface area (Å²) in [4.78, 5) is 23.5. The summed E-state index contributed by atoms with van der Waals surface area (Å²) in [5.41, 5.74) is -0.0782.